The molecule has 5 heteroatoms. The summed E-state index contributed by atoms with van der Waals surface area (Å²) in [6, 6.07) is 3.47. The van der Waals surface area contributed by atoms with E-state index in [0.717, 1.165) is 4.47 Å². The maximum absolute atomic E-state index is 11.2. The molecule has 1 heterocycles. The van der Waals surface area contributed by atoms with Crippen LogP contribution in [0, 0.1) is 0 Å². The van der Waals surface area contributed by atoms with Crippen LogP contribution in [-0.4, -0.2) is 22.6 Å². The molecule has 1 aromatic rings. The molecule has 0 aliphatic carbocycles. The summed E-state index contributed by atoms with van der Waals surface area (Å²) >= 11 is 3.26. The topological polar surface area (TPSA) is 62.2 Å². The summed E-state index contributed by atoms with van der Waals surface area (Å²) in [7, 11) is 0. The minimum atomic E-state index is -1.13. The lowest BCUT2D eigenvalue weighted by atomic mass is 9.97. The number of aliphatic carboxylic acids is 1. The molecule has 0 aromatic carbocycles. The lowest BCUT2D eigenvalue weighted by molar-refractivity contribution is -0.144. The number of carboxylic acid groups (broad SMARTS) is 1. The normalized spacial score (nSPS) is 14.6. The van der Waals surface area contributed by atoms with E-state index >= 15 is 0 Å². The Hall–Kier alpha value is -0.940. The van der Waals surface area contributed by atoms with Crippen LogP contribution in [0.2, 0.25) is 0 Å². The van der Waals surface area contributed by atoms with Crippen LogP contribution < -0.4 is 5.32 Å². The van der Waals surface area contributed by atoms with Gasteiger partial charge in [0.15, 0.2) is 5.54 Å². The molecular formula is C10H13BrN2O2. The van der Waals surface area contributed by atoms with Gasteiger partial charge in [-0.05, 0) is 41.5 Å². The highest BCUT2D eigenvalue weighted by Gasteiger charge is 2.35. The van der Waals surface area contributed by atoms with Crippen molar-refractivity contribution in [3.05, 3.63) is 28.5 Å². The zero-order valence-electron chi connectivity index (χ0n) is 8.62. The second-order valence-corrected chi connectivity index (χ2v) is 4.24. The van der Waals surface area contributed by atoms with Gasteiger partial charge in [-0.2, -0.15) is 0 Å². The van der Waals surface area contributed by atoms with Gasteiger partial charge in [-0.15, -0.1) is 0 Å². The van der Waals surface area contributed by atoms with E-state index in [1.807, 2.05) is 6.92 Å². The van der Waals surface area contributed by atoms with Crippen molar-refractivity contribution >= 4 is 21.9 Å². The Morgan fingerprint density at radius 3 is 2.73 bits per heavy atom. The number of likely N-dealkylation sites (N-methyl/N-ethyl adjacent to an activating group) is 1. The Labute approximate surface area is 96.8 Å². The fraction of sp³-hybridized carbons (Fsp3) is 0.400. The van der Waals surface area contributed by atoms with Crippen LogP contribution in [-0.2, 0) is 10.3 Å². The van der Waals surface area contributed by atoms with Gasteiger partial charge in [-0.25, -0.2) is 4.79 Å². The summed E-state index contributed by atoms with van der Waals surface area (Å²) in [5.74, 6) is -0.931. The summed E-state index contributed by atoms with van der Waals surface area (Å²) in [5.41, 5.74) is -0.629. The molecule has 0 aliphatic rings. The number of pyridine rings is 1. The first-order chi connectivity index (χ1) is 7.00. The summed E-state index contributed by atoms with van der Waals surface area (Å²) in [6.07, 6.45) is 1.59. The van der Waals surface area contributed by atoms with Crippen molar-refractivity contribution in [2.24, 2.45) is 0 Å². The molecule has 0 saturated carbocycles. The van der Waals surface area contributed by atoms with E-state index < -0.39 is 11.5 Å². The second kappa shape index (κ2) is 4.72. The van der Waals surface area contributed by atoms with Crippen molar-refractivity contribution in [3.63, 3.8) is 0 Å². The number of hydrogen-bond acceptors (Lipinski definition) is 3. The molecule has 0 radical (unpaired) electrons. The van der Waals surface area contributed by atoms with E-state index in [1.165, 1.54) is 0 Å². The summed E-state index contributed by atoms with van der Waals surface area (Å²) in [5, 5.41) is 12.1. The van der Waals surface area contributed by atoms with Gasteiger partial charge in [0, 0.05) is 10.7 Å². The Bertz CT molecular complexity index is 353. The summed E-state index contributed by atoms with van der Waals surface area (Å²) < 4.78 is 0.829. The molecule has 1 rings (SSSR count). The number of nitrogens with one attached hydrogen (secondary N) is 1. The molecule has 4 nitrogen and oxygen atoms in total. The van der Waals surface area contributed by atoms with E-state index in [4.69, 9.17) is 0 Å². The van der Waals surface area contributed by atoms with Crippen molar-refractivity contribution in [2.45, 2.75) is 19.4 Å². The predicted octanol–water partition coefficient (Wildman–Crippen LogP) is 1.75. The third-order valence-electron chi connectivity index (χ3n) is 2.20. The van der Waals surface area contributed by atoms with Crippen LogP contribution >= 0.6 is 15.9 Å². The van der Waals surface area contributed by atoms with Gasteiger partial charge >= 0.3 is 5.97 Å². The number of carboxylic acids is 1. The maximum Gasteiger partial charge on any atom is 0.329 e. The molecule has 0 bridgehead atoms. The zero-order chi connectivity index (χ0) is 11.5. The number of nitrogens with zero attached hydrogens (tertiary/aromatic N) is 1. The highest BCUT2D eigenvalue weighted by Crippen LogP contribution is 2.20. The highest BCUT2D eigenvalue weighted by molar-refractivity contribution is 9.10. The SMILES string of the molecule is CCNC(C)(C(=O)O)c1ccc(Br)cn1. The molecule has 82 valence electrons. The van der Waals surface area contributed by atoms with Crippen molar-refractivity contribution < 1.29 is 9.90 Å². The van der Waals surface area contributed by atoms with Crippen LogP contribution in [0.1, 0.15) is 19.5 Å². The predicted molar refractivity (Wildman–Crippen MR) is 60.6 cm³/mol. The van der Waals surface area contributed by atoms with E-state index in [0.29, 0.717) is 12.2 Å². The van der Waals surface area contributed by atoms with E-state index in [9.17, 15) is 9.90 Å². The number of aromatic nitrogens is 1. The molecule has 1 atom stereocenters. The van der Waals surface area contributed by atoms with E-state index in [1.54, 1.807) is 25.3 Å². The molecule has 1 aromatic heterocycles. The minimum Gasteiger partial charge on any atom is -0.480 e. The quantitative estimate of drug-likeness (QED) is 0.877. The van der Waals surface area contributed by atoms with Gasteiger partial charge in [-0.1, -0.05) is 6.92 Å². The smallest absolute Gasteiger partial charge is 0.329 e. The third-order valence-corrected chi connectivity index (χ3v) is 2.67. The van der Waals surface area contributed by atoms with Crippen LogP contribution in [0.15, 0.2) is 22.8 Å². The fourth-order valence-corrected chi connectivity index (χ4v) is 1.54. The Morgan fingerprint density at radius 1 is 1.67 bits per heavy atom. The van der Waals surface area contributed by atoms with Crippen LogP contribution in [0.25, 0.3) is 0 Å². The first-order valence-corrected chi connectivity index (χ1v) is 5.40. The number of rotatable bonds is 4. The van der Waals surface area contributed by atoms with Crippen molar-refractivity contribution in [2.75, 3.05) is 6.54 Å². The zero-order valence-corrected chi connectivity index (χ0v) is 10.2. The minimum absolute atomic E-state index is 0.500. The standard InChI is InChI=1S/C10H13BrN2O2/c1-3-13-10(2,9(14)15)8-5-4-7(11)6-12-8/h4-6,13H,3H2,1-2H3,(H,14,15). The van der Waals surface area contributed by atoms with E-state index in [2.05, 4.69) is 26.2 Å². The van der Waals surface area contributed by atoms with Crippen LogP contribution in [0.5, 0.6) is 0 Å². The fourth-order valence-electron chi connectivity index (χ4n) is 1.30. The lowest BCUT2D eigenvalue weighted by Crippen LogP contribution is -2.47. The van der Waals surface area contributed by atoms with Gasteiger partial charge in [0.2, 0.25) is 0 Å². The first-order valence-electron chi connectivity index (χ1n) is 4.61. The highest BCUT2D eigenvalue weighted by atomic mass is 79.9. The van der Waals surface area contributed by atoms with E-state index in [-0.39, 0.29) is 0 Å². The van der Waals surface area contributed by atoms with Crippen molar-refractivity contribution in [3.8, 4) is 0 Å². The first kappa shape index (κ1) is 12.1. The van der Waals surface area contributed by atoms with Crippen molar-refractivity contribution in [1.29, 1.82) is 0 Å². The molecule has 0 fully saturated rings. The molecule has 15 heavy (non-hydrogen) atoms. The molecule has 0 amide bonds. The van der Waals surface area contributed by atoms with Gasteiger partial charge in [0.25, 0.3) is 0 Å². The van der Waals surface area contributed by atoms with Crippen LogP contribution in [0.4, 0.5) is 0 Å². The van der Waals surface area contributed by atoms with Gasteiger partial charge in [-0.3, -0.25) is 10.3 Å². The van der Waals surface area contributed by atoms with Gasteiger partial charge in [0.05, 0.1) is 5.69 Å². The van der Waals surface area contributed by atoms with Gasteiger partial charge < -0.3 is 5.11 Å². The molecule has 0 saturated heterocycles. The molecular weight excluding hydrogens is 260 g/mol. The second-order valence-electron chi connectivity index (χ2n) is 3.32. The lowest BCUT2D eigenvalue weighted by Gasteiger charge is -2.24. The molecule has 0 aliphatic heterocycles. The average Bonchev–Trinajstić information content (AvgIpc) is 2.18. The van der Waals surface area contributed by atoms with Crippen molar-refractivity contribution in [1.82, 2.24) is 10.3 Å². The third kappa shape index (κ3) is 2.54. The Morgan fingerprint density at radius 2 is 2.33 bits per heavy atom. The molecule has 1 unspecified atom stereocenters. The number of halogens is 1. The average molecular weight is 273 g/mol. The monoisotopic (exact) mass is 272 g/mol. The number of hydrogen-bond donors (Lipinski definition) is 2. The number of carbonyl (C=O) groups is 1. The summed E-state index contributed by atoms with van der Waals surface area (Å²) in [4.78, 5) is 15.3. The largest absolute Gasteiger partial charge is 0.480 e. The van der Waals surface area contributed by atoms with Gasteiger partial charge in [0.1, 0.15) is 0 Å². The van der Waals surface area contributed by atoms with Crippen LogP contribution in [0.3, 0.4) is 0 Å². The summed E-state index contributed by atoms with van der Waals surface area (Å²) in [6.45, 7) is 4.04. The molecule has 0 spiro atoms. The Balaban J connectivity index is 3.09. The maximum atomic E-state index is 11.2. The molecule has 2 N–H and O–H groups in total. The Kier molecular flexibility index (Phi) is 3.82.